The second-order valence-electron chi connectivity index (χ2n) is 10.8. The number of sulfone groups is 2. The lowest BCUT2D eigenvalue weighted by Gasteiger charge is -2.20. The molecular formula is C26H25N5O19S6. The fourth-order valence-corrected chi connectivity index (χ4v) is 8.82. The first kappa shape index (κ1) is 44.1. The smallest absolute Gasteiger partial charge is 0.396 e. The van der Waals surface area contributed by atoms with Crippen molar-refractivity contribution >= 4 is 101 Å². The molecule has 1 aliphatic rings. The van der Waals surface area contributed by atoms with E-state index in [0.29, 0.717) is 12.1 Å². The predicted molar refractivity (Wildman–Crippen MR) is 192 cm³/mol. The van der Waals surface area contributed by atoms with Crippen LogP contribution in [0.1, 0.15) is 15.9 Å². The number of nitrogen functional groups attached to an aromatic ring is 1. The van der Waals surface area contributed by atoms with Crippen molar-refractivity contribution < 1.29 is 81.9 Å². The van der Waals surface area contributed by atoms with Gasteiger partial charge in [-0.05, 0) is 66.2 Å². The molecule has 0 saturated carbocycles. The summed E-state index contributed by atoms with van der Waals surface area (Å²) >= 11 is 0. The highest BCUT2D eigenvalue weighted by Crippen LogP contribution is 2.41. The number of allylic oxidation sites excluding steroid dienone is 1. The summed E-state index contributed by atoms with van der Waals surface area (Å²) in [6.45, 7) is -1.83. The number of nitrogens with one attached hydrogen (secondary N) is 1. The molecule has 56 heavy (non-hydrogen) atoms. The second kappa shape index (κ2) is 16.1. The number of Topliss-reactive ketones (excluding diaryl/α,β-unsaturated/α-hetero) is 1. The fourth-order valence-electron chi connectivity index (χ4n) is 4.52. The minimum absolute atomic E-state index is 0.0756. The van der Waals surface area contributed by atoms with Crippen molar-refractivity contribution in [3.8, 4) is 0 Å². The fraction of sp³-hybridized carbons (Fsp3) is 0.154. The number of nitrogens with zero attached hydrogens (tertiary/aromatic N) is 3. The van der Waals surface area contributed by atoms with Gasteiger partial charge in [-0.3, -0.25) is 28.4 Å². The van der Waals surface area contributed by atoms with Gasteiger partial charge >= 0.3 is 20.8 Å². The Labute approximate surface area is 318 Å². The number of carbonyl (C=O) groups excluding carboxylic acids is 1. The van der Waals surface area contributed by atoms with Crippen LogP contribution in [0.5, 0.6) is 0 Å². The highest BCUT2D eigenvalue weighted by Gasteiger charge is 2.37. The van der Waals surface area contributed by atoms with Crippen molar-refractivity contribution in [2.45, 2.75) is 14.7 Å². The van der Waals surface area contributed by atoms with Crippen molar-refractivity contribution in [3.63, 3.8) is 0 Å². The number of hydrazone groups is 1. The summed E-state index contributed by atoms with van der Waals surface area (Å²) in [4.78, 5) is 10.7. The molecule has 1 aliphatic carbocycles. The number of anilines is 2. The molecule has 4 rings (SSSR count). The maximum Gasteiger partial charge on any atom is 0.397 e. The molecule has 30 heteroatoms. The summed E-state index contributed by atoms with van der Waals surface area (Å²) < 4.78 is 187. The zero-order chi connectivity index (χ0) is 42.1. The number of carbonyl (C=O) groups is 1. The summed E-state index contributed by atoms with van der Waals surface area (Å²) in [5.41, 5.74) is 4.31. The Morgan fingerprint density at radius 1 is 0.661 bits per heavy atom. The van der Waals surface area contributed by atoms with E-state index in [2.05, 4.69) is 29.1 Å². The maximum absolute atomic E-state index is 13.7. The Morgan fingerprint density at radius 3 is 1.59 bits per heavy atom. The van der Waals surface area contributed by atoms with E-state index in [4.69, 9.17) is 14.8 Å². The number of hydrogen-bond acceptors (Lipinski definition) is 20. The molecule has 0 bridgehead atoms. The Morgan fingerprint density at radius 2 is 1.14 bits per heavy atom. The van der Waals surface area contributed by atoms with E-state index in [-0.39, 0.29) is 21.2 Å². The molecule has 0 unspecified atom stereocenters. The van der Waals surface area contributed by atoms with Gasteiger partial charge in [0.15, 0.2) is 25.4 Å². The highest BCUT2D eigenvalue weighted by atomic mass is 32.3. The third kappa shape index (κ3) is 11.3. The van der Waals surface area contributed by atoms with Crippen LogP contribution in [0.4, 0.5) is 22.7 Å². The van der Waals surface area contributed by atoms with E-state index >= 15 is 0 Å². The van der Waals surface area contributed by atoms with Gasteiger partial charge in [-0.25, -0.2) is 25.2 Å². The van der Waals surface area contributed by atoms with Crippen LogP contribution in [0.3, 0.4) is 0 Å². The van der Waals surface area contributed by atoms with Gasteiger partial charge in [-0.1, -0.05) is 0 Å². The molecule has 7 N–H and O–H groups in total. The lowest BCUT2D eigenvalue weighted by molar-refractivity contribution is 0.106. The molecule has 3 aromatic rings. The number of hydrogen-bond donors (Lipinski definition) is 6. The average Bonchev–Trinajstić information content (AvgIpc) is 3.05. The van der Waals surface area contributed by atoms with Crippen LogP contribution in [0.2, 0.25) is 0 Å². The molecule has 304 valence electrons. The van der Waals surface area contributed by atoms with E-state index in [1.165, 1.54) is 0 Å². The van der Waals surface area contributed by atoms with E-state index in [9.17, 15) is 64.4 Å². The van der Waals surface area contributed by atoms with Gasteiger partial charge in [-0.2, -0.15) is 43.9 Å². The first-order valence-electron chi connectivity index (χ1n) is 14.4. The van der Waals surface area contributed by atoms with E-state index in [1.54, 1.807) is 0 Å². The maximum atomic E-state index is 13.7. The average molecular weight is 904 g/mol. The first-order chi connectivity index (χ1) is 25.6. The highest BCUT2D eigenvalue weighted by molar-refractivity contribution is 7.92. The van der Waals surface area contributed by atoms with Crippen LogP contribution in [0, 0.1) is 0 Å². The number of nitrogens with two attached hydrogens (primary N) is 1. The minimum atomic E-state index is -5.31. The zero-order valence-electron chi connectivity index (χ0n) is 27.4. The molecule has 0 saturated heterocycles. The molecule has 0 amide bonds. The van der Waals surface area contributed by atoms with Crippen LogP contribution in [0.15, 0.2) is 89.5 Å². The van der Waals surface area contributed by atoms with Gasteiger partial charge in [0.1, 0.15) is 15.5 Å². The van der Waals surface area contributed by atoms with E-state index in [1.807, 2.05) is 0 Å². The SMILES string of the molecule is Nc1c(N=Nc2ccc(S(=O)(=O)CCOS(=O)(=O)O)cc2)c(S(=O)(=O)O)cc2c1C(=O)C(=NNc1ccc(S(=O)(=O)CCOS(=O)(=O)O)cc1)C(S(=O)(=O)O)=C2. The van der Waals surface area contributed by atoms with Gasteiger partial charge in [0.25, 0.3) is 20.2 Å². The standard InChI is InChI=1S/C26H25N5O19S6/c27-23-22-15(13-20(53(37,38)39)24(23)30-28-16-1-5-18(6-2-16)51(33,34)11-9-49-55(43,44)45)14-21(54(40,41)42)25(26(22)32)31-29-17-3-7-19(8-4-17)52(35,36)12-10-50-56(46,47)48/h1-8,13-14,29H,9-12,27H2,(H,37,38,39)(H,40,41,42)(H,43,44,45)(H,46,47,48). The summed E-state index contributed by atoms with van der Waals surface area (Å²) in [7, 11) is -28.7. The van der Waals surface area contributed by atoms with Gasteiger partial charge < -0.3 is 5.73 Å². The monoisotopic (exact) mass is 903 g/mol. The van der Waals surface area contributed by atoms with Crippen LogP contribution < -0.4 is 11.2 Å². The Balaban J connectivity index is 1.69. The topological polar surface area (TPSA) is 396 Å². The second-order valence-corrected chi connectivity index (χ2v) is 20.0. The van der Waals surface area contributed by atoms with E-state index in [0.717, 1.165) is 48.5 Å². The molecule has 0 radical (unpaired) electrons. The molecule has 0 atom stereocenters. The molecule has 3 aromatic carbocycles. The van der Waals surface area contributed by atoms with E-state index < -0.39 is 129 Å². The molecule has 0 aliphatic heterocycles. The summed E-state index contributed by atoms with van der Waals surface area (Å²) in [5, 5.41) is 11.2. The minimum Gasteiger partial charge on any atom is -0.396 e. The quantitative estimate of drug-likeness (QED) is 0.0505. The number of azo groups is 1. The normalized spacial score (nSPS) is 15.2. The van der Waals surface area contributed by atoms with Gasteiger partial charge in [0.2, 0.25) is 5.78 Å². The molecule has 0 spiro atoms. The Bertz CT molecular complexity index is 2860. The van der Waals surface area contributed by atoms with Gasteiger partial charge in [0, 0.05) is 0 Å². The molecule has 0 heterocycles. The van der Waals surface area contributed by atoms with Crippen LogP contribution in [-0.4, -0.2) is 105 Å². The molecular weight excluding hydrogens is 879 g/mol. The first-order valence-corrected chi connectivity index (χ1v) is 23.3. The van der Waals surface area contributed by atoms with Crippen molar-refractivity contribution in [1.29, 1.82) is 0 Å². The van der Waals surface area contributed by atoms with Crippen LogP contribution in [0.25, 0.3) is 6.08 Å². The summed E-state index contributed by atoms with van der Waals surface area (Å²) in [6, 6.07) is 8.88. The zero-order valence-corrected chi connectivity index (χ0v) is 32.3. The van der Waals surface area contributed by atoms with Crippen LogP contribution in [-0.2, 0) is 69.1 Å². The Hall–Kier alpha value is -4.60. The van der Waals surface area contributed by atoms with Crippen molar-refractivity contribution in [2.24, 2.45) is 15.3 Å². The van der Waals surface area contributed by atoms with Gasteiger partial charge in [0.05, 0.1) is 57.1 Å². The number of rotatable bonds is 16. The van der Waals surface area contributed by atoms with Crippen molar-refractivity contribution in [2.75, 3.05) is 35.9 Å². The number of fused-ring (bicyclic) bond motifs is 1. The lowest BCUT2D eigenvalue weighted by atomic mass is 9.92. The molecule has 0 aromatic heterocycles. The van der Waals surface area contributed by atoms with Crippen LogP contribution >= 0.6 is 0 Å². The third-order valence-electron chi connectivity index (χ3n) is 6.99. The van der Waals surface area contributed by atoms with Crippen molar-refractivity contribution in [3.05, 3.63) is 70.6 Å². The number of benzene rings is 3. The number of ketones is 1. The predicted octanol–water partition coefficient (Wildman–Crippen LogP) is 1.01. The summed E-state index contributed by atoms with van der Waals surface area (Å²) in [6.07, 6.45) is 0.600. The third-order valence-corrected chi connectivity index (χ3v) is 13.0. The molecule has 24 nitrogen and oxygen atoms in total. The Kier molecular flexibility index (Phi) is 12.7. The summed E-state index contributed by atoms with van der Waals surface area (Å²) in [5.74, 6) is -3.07. The van der Waals surface area contributed by atoms with Crippen molar-refractivity contribution in [1.82, 2.24) is 0 Å². The largest absolute Gasteiger partial charge is 0.397 e. The molecule has 0 fully saturated rings. The lowest BCUT2D eigenvalue weighted by Crippen LogP contribution is -2.28. The van der Waals surface area contributed by atoms with Gasteiger partial charge in [-0.15, -0.1) is 5.11 Å².